The van der Waals surface area contributed by atoms with E-state index in [2.05, 4.69) is 45.0 Å². The van der Waals surface area contributed by atoms with Gasteiger partial charge < -0.3 is 4.90 Å². The van der Waals surface area contributed by atoms with Gasteiger partial charge in [-0.2, -0.15) is 0 Å². The Morgan fingerprint density at radius 1 is 1.06 bits per heavy atom. The highest BCUT2D eigenvalue weighted by molar-refractivity contribution is 8.18. The number of benzene rings is 2. The number of hydrogen-bond acceptors (Lipinski definition) is 7. The highest BCUT2D eigenvalue weighted by Gasteiger charge is 2.25. The van der Waals surface area contributed by atoms with E-state index in [0.29, 0.717) is 16.0 Å². The third-order valence-corrected chi connectivity index (χ3v) is 7.32. The topological polar surface area (TPSA) is 78.4 Å². The molecule has 1 aromatic heterocycles. The summed E-state index contributed by atoms with van der Waals surface area (Å²) in [6.07, 6.45) is 3.25. The van der Waals surface area contributed by atoms with Gasteiger partial charge in [-0.25, -0.2) is 9.97 Å². The van der Waals surface area contributed by atoms with Gasteiger partial charge in [-0.1, -0.05) is 23.7 Å². The predicted molar refractivity (Wildman–Crippen MR) is 138 cm³/mol. The second kappa shape index (κ2) is 9.37. The van der Waals surface area contributed by atoms with E-state index in [-0.39, 0.29) is 11.1 Å². The lowest BCUT2D eigenvalue weighted by molar-refractivity contribution is -0.115. The van der Waals surface area contributed by atoms with Crippen LogP contribution in [0.25, 0.3) is 28.2 Å². The molecule has 2 saturated heterocycles. The highest BCUT2D eigenvalue weighted by Crippen LogP contribution is 2.34. The van der Waals surface area contributed by atoms with Gasteiger partial charge in [0.25, 0.3) is 11.1 Å². The number of rotatable bonds is 4. The Balaban J connectivity index is 1.46. The lowest BCUT2D eigenvalue weighted by Crippen LogP contribution is -2.49. The number of nitrogens with one attached hydrogen (secondary N) is 1. The molecule has 5 rings (SSSR count). The summed E-state index contributed by atoms with van der Waals surface area (Å²) in [5.41, 5.74) is 4.28. The Morgan fingerprint density at radius 2 is 1.85 bits per heavy atom. The molecule has 2 amide bonds. The van der Waals surface area contributed by atoms with E-state index >= 15 is 0 Å². The van der Waals surface area contributed by atoms with Crippen LogP contribution in [0.3, 0.4) is 0 Å². The van der Waals surface area contributed by atoms with Crippen LogP contribution in [0.15, 0.2) is 47.6 Å². The maximum atomic E-state index is 11.9. The Labute approximate surface area is 207 Å². The molecule has 3 aromatic rings. The quantitative estimate of drug-likeness (QED) is 0.523. The zero-order valence-corrected chi connectivity index (χ0v) is 20.5. The molecule has 3 heterocycles. The fraction of sp³-hybridized carbons (Fsp3) is 0.280. The van der Waals surface area contributed by atoms with Gasteiger partial charge in [-0.15, -0.1) is 0 Å². The third kappa shape index (κ3) is 4.53. The Hall–Kier alpha value is -2.94. The van der Waals surface area contributed by atoms with E-state index < -0.39 is 0 Å². The Bertz CT molecular complexity index is 1320. The van der Waals surface area contributed by atoms with Crippen molar-refractivity contribution in [3.8, 4) is 11.3 Å². The molecule has 0 atom stereocenters. The van der Waals surface area contributed by atoms with Crippen LogP contribution < -0.4 is 10.2 Å². The molecule has 7 nitrogen and oxygen atoms in total. The summed E-state index contributed by atoms with van der Waals surface area (Å²) in [5, 5.41) is 3.46. The second-order valence-electron chi connectivity index (χ2n) is 8.63. The van der Waals surface area contributed by atoms with E-state index in [1.54, 1.807) is 12.4 Å². The fourth-order valence-electron chi connectivity index (χ4n) is 4.36. The van der Waals surface area contributed by atoms with Crippen LogP contribution in [0.4, 0.5) is 10.5 Å². The number of fused-ring (bicyclic) bond motifs is 1. The maximum Gasteiger partial charge on any atom is 0.290 e. The van der Waals surface area contributed by atoms with E-state index in [1.165, 1.54) is 0 Å². The largest absolute Gasteiger partial charge is 0.368 e. The molecular formula is C25H24ClN5O2S. The van der Waals surface area contributed by atoms with Crippen molar-refractivity contribution < 1.29 is 9.59 Å². The molecule has 174 valence electrons. The average molecular weight is 494 g/mol. The molecule has 9 heteroatoms. The summed E-state index contributed by atoms with van der Waals surface area (Å²) < 4.78 is 0. The first kappa shape index (κ1) is 22.8. The van der Waals surface area contributed by atoms with Crippen molar-refractivity contribution in [2.24, 2.45) is 0 Å². The summed E-state index contributed by atoms with van der Waals surface area (Å²) in [6, 6.07) is 12.3. The number of piperazine rings is 1. The van der Waals surface area contributed by atoms with E-state index in [1.807, 2.05) is 30.3 Å². The first-order chi connectivity index (χ1) is 16.4. The fourth-order valence-corrected chi connectivity index (χ4v) is 5.34. The normalized spacial score (nSPS) is 18.4. The van der Waals surface area contributed by atoms with Gasteiger partial charge in [-0.3, -0.25) is 19.8 Å². The minimum Gasteiger partial charge on any atom is -0.368 e. The Kier molecular flexibility index (Phi) is 6.29. The van der Waals surface area contributed by atoms with Crippen LogP contribution in [-0.2, 0) is 4.79 Å². The van der Waals surface area contributed by atoms with E-state index in [9.17, 15) is 9.59 Å². The number of amides is 2. The first-order valence-corrected chi connectivity index (χ1v) is 12.4. The molecule has 0 unspecified atom stereocenters. The number of anilines is 1. The van der Waals surface area contributed by atoms with Gasteiger partial charge in [0.2, 0.25) is 0 Å². The SMILES string of the molecule is CC(C)N1CCN(c2ccc(-c3ncnc4ccc(C=C5SC(=O)NC5=O)cc34)cc2Cl)CC1. The molecule has 0 bridgehead atoms. The molecular weight excluding hydrogens is 470 g/mol. The van der Waals surface area contributed by atoms with Crippen molar-refractivity contribution in [3.05, 3.63) is 58.2 Å². The van der Waals surface area contributed by atoms with Crippen LogP contribution in [0.5, 0.6) is 0 Å². The Morgan fingerprint density at radius 3 is 2.53 bits per heavy atom. The molecule has 2 aromatic carbocycles. The number of halogens is 1. The molecule has 1 N–H and O–H groups in total. The predicted octanol–water partition coefficient (Wildman–Crippen LogP) is 4.80. The summed E-state index contributed by atoms with van der Waals surface area (Å²) in [7, 11) is 0. The lowest BCUT2D eigenvalue weighted by Gasteiger charge is -2.38. The first-order valence-electron chi connectivity index (χ1n) is 11.2. The molecule has 2 aliphatic rings. The van der Waals surface area contributed by atoms with Crippen molar-refractivity contribution in [2.45, 2.75) is 19.9 Å². The third-order valence-electron chi connectivity index (χ3n) is 6.21. The number of carbonyl (C=O) groups excluding carboxylic acids is 2. The second-order valence-corrected chi connectivity index (χ2v) is 10.1. The van der Waals surface area contributed by atoms with Gasteiger partial charge in [0.05, 0.1) is 26.8 Å². The van der Waals surface area contributed by atoms with Gasteiger partial charge in [0, 0.05) is 43.2 Å². The van der Waals surface area contributed by atoms with Crippen molar-refractivity contribution >= 4 is 57.2 Å². The maximum absolute atomic E-state index is 11.9. The van der Waals surface area contributed by atoms with Crippen LogP contribution >= 0.6 is 23.4 Å². The zero-order valence-electron chi connectivity index (χ0n) is 18.9. The summed E-state index contributed by atoms with van der Waals surface area (Å²) >= 11 is 7.65. The monoisotopic (exact) mass is 493 g/mol. The number of aromatic nitrogens is 2. The van der Waals surface area contributed by atoms with Crippen LogP contribution in [-0.4, -0.2) is 58.2 Å². The zero-order chi connectivity index (χ0) is 23.8. The van der Waals surface area contributed by atoms with Gasteiger partial charge in [0.1, 0.15) is 6.33 Å². The van der Waals surface area contributed by atoms with Crippen LogP contribution in [0.2, 0.25) is 5.02 Å². The number of imide groups is 1. The van der Waals surface area contributed by atoms with Crippen LogP contribution in [0.1, 0.15) is 19.4 Å². The molecule has 0 aliphatic carbocycles. The molecule has 0 radical (unpaired) electrons. The highest BCUT2D eigenvalue weighted by atomic mass is 35.5. The van der Waals surface area contributed by atoms with Crippen LogP contribution in [0, 0.1) is 0 Å². The van der Waals surface area contributed by atoms with Gasteiger partial charge in [-0.05, 0) is 61.5 Å². The minimum absolute atomic E-state index is 0.360. The molecule has 0 spiro atoms. The molecule has 34 heavy (non-hydrogen) atoms. The summed E-state index contributed by atoms with van der Waals surface area (Å²) in [5.74, 6) is -0.378. The average Bonchev–Trinajstić information content (AvgIpc) is 3.15. The molecule has 0 saturated carbocycles. The number of carbonyl (C=O) groups is 2. The smallest absolute Gasteiger partial charge is 0.290 e. The van der Waals surface area contributed by atoms with Gasteiger partial charge >= 0.3 is 0 Å². The van der Waals surface area contributed by atoms with E-state index in [4.69, 9.17) is 11.6 Å². The number of hydrogen-bond donors (Lipinski definition) is 1. The molecule has 2 aliphatic heterocycles. The van der Waals surface area contributed by atoms with E-state index in [0.717, 1.165) is 71.4 Å². The minimum atomic E-state index is -0.378. The summed E-state index contributed by atoms with van der Waals surface area (Å²) in [6.45, 7) is 8.39. The van der Waals surface area contributed by atoms with Crippen molar-refractivity contribution in [3.63, 3.8) is 0 Å². The summed E-state index contributed by atoms with van der Waals surface area (Å²) in [4.78, 5) is 37.5. The van der Waals surface area contributed by atoms with Crippen molar-refractivity contribution in [2.75, 3.05) is 31.1 Å². The van der Waals surface area contributed by atoms with Gasteiger partial charge in [0.15, 0.2) is 0 Å². The molecule has 2 fully saturated rings. The number of thioether (sulfide) groups is 1. The number of nitrogens with zero attached hydrogens (tertiary/aromatic N) is 4. The lowest BCUT2D eigenvalue weighted by atomic mass is 10.0. The standard InChI is InChI=1S/C25H24ClN5O2S/c1-15(2)30-7-9-31(10-8-30)21-6-4-17(13-19(21)26)23-18-11-16(3-5-20(18)27-14-28-23)12-22-24(32)29-25(33)34-22/h3-6,11-15H,7-10H2,1-2H3,(H,29,32,33). The van der Waals surface area contributed by atoms with Crippen molar-refractivity contribution in [1.29, 1.82) is 0 Å². The van der Waals surface area contributed by atoms with Crippen molar-refractivity contribution in [1.82, 2.24) is 20.2 Å².